The number of benzene rings is 3. The first kappa shape index (κ1) is 20.2. The van der Waals surface area contributed by atoms with E-state index in [1.807, 2.05) is 32.0 Å². The summed E-state index contributed by atoms with van der Waals surface area (Å²) < 4.78 is 0. The maximum atomic E-state index is 13.4. The lowest BCUT2D eigenvalue weighted by atomic mass is 10.0. The lowest BCUT2D eigenvalue weighted by Crippen LogP contribution is -2.32. The molecular weight excluding hydrogens is 419 g/mol. The molecule has 4 rings (SSSR count). The number of imide groups is 1. The van der Waals surface area contributed by atoms with Gasteiger partial charge in [0.1, 0.15) is 5.70 Å². The third kappa shape index (κ3) is 3.72. The van der Waals surface area contributed by atoms with E-state index in [2.05, 4.69) is 5.32 Å². The van der Waals surface area contributed by atoms with Crippen molar-refractivity contribution < 1.29 is 9.59 Å². The smallest absolute Gasteiger partial charge is 0.282 e. The molecule has 0 aromatic heterocycles. The quantitative estimate of drug-likeness (QED) is 0.509. The lowest BCUT2D eigenvalue weighted by Gasteiger charge is -2.16. The van der Waals surface area contributed by atoms with E-state index >= 15 is 0 Å². The van der Waals surface area contributed by atoms with Gasteiger partial charge in [0.15, 0.2) is 0 Å². The van der Waals surface area contributed by atoms with Crippen LogP contribution in [-0.4, -0.2) is 11.8 Å². The second-order valence-corrected chi connectivity index (χ2v) is 8.00. The second kappa shape index (κ2) is 7.98. The van der Waals surface area contributed by atoms with Crippen LogP contribution in [0.4, 0.5) is 11.4 Å². The molecule has 0 radical (unpaired) electrons. The molecule has 0 bridgehead atoms. The van der Waals surface area contributed by atoms with Gasteiger partial charge in [0, 0.05) is 15.7 Å². The highest BCUT2D eigenvalue weighted by molar-refractivity contribution is 6.46. The zero-order chi connectivity index (χ0) is 21.4. The van der Waals surface area contributed by atoms with E-state index in [1.165, 1.54) is 0 Å². The number of halogens is 2. The van der Waals surface area contributed by atoms with E-state index in [4.69, 9.17) is 23.2 Å². The molecule has 0 saturated carbocycles. The molecular formula is C24H18Cl2N2O2. The summed E-state index contributed by atoms with van der Waals surface area (Å²) in [7, 11) is 0. The number of hydrogen-bond donors (Lipinski definition) is 1. The van der Waals surface area contributed by atoms with Crippen molar-refractivity contribution in [2.75, 3.05) is 10.2 Å². The minimum Gasteiger partial charge on any atom is -0.350 e. The molecule has 1 aliphatic rings. The summed E-state index contributed by atoms with van der Waals surface area (Å²) >= 11 is 12.1. The molecule has 1 N–H and O–H groups in total. The molecule has 0 unspecified atom stereocenters. The fraction of sp³-hybridized carbons (Fsp3) is 0.0833. The SMILES string of the molecule is Cc1ccc(C)c(NC2=C(c3ccc(Cl)cc3)C(=O)N(c3cccc(Cl)c3)C2=O)c1. The predicted molar refractivity (Wildman–Crippen MR) is 122 cm³/mol. The van der Waals surface area contributed by atoms with Crippen LogP contribution in [0.1, 0.15) is 16.7 Å². The molecule has 0 atom stereocenters. The van der Waals surface area contributed by atoms with Gasteiger partial charge in [-0.1, -0.05) is 53.5 Å². The van der Waals surface area contributed by atoms with Crippen LogP contribution >= 0.6 is 23.2 Å². The van der Waals surface area contributed by atoms with Crippen molar-refractivity contribution in [2.45, 2.75) is 13.8 Å². The molecule has 0 aliphatic carbocycles. The van der Waals surface area contributed by atoms with Crippen LogP contribution < -0.4 is 10.2 Å². The van der Waals surface area contributed by atoms with E-state index in [0.29, 0.717) is 21.3 Å². The standard InChI is InChI=1S/C24H18Cl2N2O2/c1-14-6-7-15(2)20(12-14)27-22-21(16-8-10-17(25)11-9-16)23(29)28(24(22)30)19-5-3-4-18(26)13-19/h3-13,27H,1-2H3. The molecule has 30 heavy (non-hydrogen) atoms. The summed E-state index contributed by atoms with van der Waals surface area (Å²) in [6.07, 6.45) is 0. The van der Waals surface area contributed by atoms with Gasteiger partial charge in [-0.15, -0.1) is 0 Å². The number of hydrogen-bond acceptors (Lipinski definition) is 3. The first-order chi connectivity index (χ1) is 14.3. The highest BCUT2D eigenvalue weighted by atomic mass is 35.5. The Labute approximate surface area is 184 Å². The first-order valence-electron chi connectivity index (χ1n) is 9.34. The zero-order valence-electron chi connectivity index (χ0n) is 16.4. The summed E-state index contributed by atoms with van der Waals surface area (Å²) in [4.78, 5) is 27.9. The topological polar surface area (TPSA) is 49.4 Å². The average Bonchev–Trinajstić information content (AvgIpc) is 2.95. The third-order valence-corrected chi connectivity index (χ3v) is 5.42. The molecule has 0 fully saturated rings. The molecule has 3 aromatic carbocycles. The van der Waals surface area contributed by atoms with Crippen LogP contribution in [0.15, 0.2) is 72.4 Å². The van der Waals surface area contributed by atoms with Gasteiger partial charge in [-0.2, -0.15) is 0 Å². The molecule has 6 heteroatoms. The van der Waals surface area contributed by atoms with E-state index < -0.39 is 11.8 Å². The minimum atomic E-state index is -0.437. The van der Waals surface area contributed by atoms with Gasteiger partial charge in [0.25, 0.3) is 11.8 Å². The average molecular weight is 437 g/mol. The Hall–Kier alpha value is -3.08. The minimum absolute atomic E-state index is 0.219. The Morgan fingerprint density at radius 1 is 0.800 bits per heavy atom. The number of nitrogens with one attached hydrogen (secondary N) is 1. The lowest BCUT2D eigenvalue weighted by molar-refractivity contribution is -0.120. The Kier molecular flexibility index (Phi) is 5.37. The Morgan fingerprint density at radius 3 is 2.23 bits per heavy atom. The van der Waals surface area contributed by atoms with Crippen molar-refractivity contribution in [2.24, 2.45) is 0 Å². The Bertz CT molecular complexity index is 1200. The van der Waals surface area contributed by atoms with Crippen molar-refractivity contribution >= 4 is 52.0 Å². The van der Waals surface area contributed by atoms with Crippen molar-refractivity contribution in [1.82, 2.24) is 0 Å². The van der Waals surface area contributed by atoms with Gasteiger partial charge >= 0.3 is 0 Å². The number of amides is 2. The van der Waals surface area contributed by atoms with Gasteiger partial charge < -0.3 is 5.32 Å². The van der Waals surface area contributed by atoms with Gasteiger partial charge in [0.2, 0.25) is 0 Å². The van der Waals surface area contributed by atoms with E-state index in [9.17, 15) is 9.59 Å². The van der Waals surface area contributed by atoms with Crippen molar-refractivity contribution in [3.05, 3.63) is 99.2 Å². The summed E-state index contributed by atoms with van der Waals surface area (Å²) in [5, 5.41) is 4.20. The number of nitrogens with zero attached hydrogens (tertiary/aromatic N) is 1. The number of carbonyl (C=O) groups is 2. The van der Waals surface area contributed by atoms with Gasteiger partial charge in [-0.25, -0.2) is 4.90 Å². The normalized spacial score (nSPS) is 13.9. The molecule has 1 heterocycles. The molecule has 2 amide bonds. The van der Waals surface area contributed by atoms with Crippen LogP contribution in [0.3, 0.4) is 0 Å². The molecule has 1 aliphatic heterocycles. The molecule has 0 saturated heterocycles. The number of anilines is 2. The van der Waals surface area contributed by atoms with Crippen LogP contribution in [0.25, 0.3) is 5.57 Å². The predicted octanol–water partition coefficient (Wildman–Crippen LogP) is 6.01. The van der Waals surface area contributed by atoms with Crippen LogP contribution in [0, 0.1) is 13.8 Å². The monoisotopic (exact) mass is 436 g/mol. The third-order valence-electron chi connectivity index (χ3n) is 4.94. The zero-order valence-corrected chi connectivity index (χ0v) is 17.9. The molecule has 4 nitrogen and oxygen atoms in total. The summed E-state index contributed by atoms with van der Waals surface area (Å²) in [5.74, 6) is -0.856. The second-order valence-electron chi connectivity index (χ2n) is 7.13. The van der Waals surface area contributed by atoms with Crippen LogP contribution in [0.2, 0.25) is 10.0 Å². The summed E-state index contributed by atoms with van der Waals surface area (Å²) in [6, 6.07) is 19.4. The van der Waals surface area contributed by atoms with Crippen molar-refractivity contribution in [3.8, 4) is 0 Å². The van der Waals surface area contributed by atoms with Crippen molar-refractivity contribution in [1.29, 1.82) is 0 Å². The molecule has 150 valence electrons. The summed E-state index contributed by atoms with van der Waals surface area (Å²) in [5.41, 5.74) is 4.31. The van der Waals surface area contributed by atoms with Gasteiger partial charge in [-0.3, -0.25) is 9.59 Å². The number of carbonyl (C=O) groups excluding carboxylic acids is 2. The van der Waals surface area contributed by atoms with E-state index in [-0.39, 0.29) is 11.3 Å². The number of aryl methyl sites for hydroxylation is 2. The largest absolute Gasteiger partial charge is 0.350 e. The van der Waals surface area contributed by atoms with Crippen LogP contribution in [0.5, 0.6) is 0 Å². The highest BCUT2D eigenvalue weighted by Gasteiger charge is 2.40. The van der Waals surface area contributed by atoms with E-state index in [0.717, 1.165) is 21.7 Å². The molecule has 0 spiro atoms. The fourth-order valence-electron chi connectivity index (χ4n) is 3.38. The molecule has 3 aromatic rings. The Morgan fingerprint density at radius 2 is 1.53 bits per heavy atom. The maximum Gasteiger partial charge on any atom is 0.282 e. The first-order valence-corrected chi connectivity index (χ1v) is 10.1. The number of rotatable bonds is 4. The highest BCUT2D eigenvalue weighted by Crippen LogP contribution is 2.35. The van der Waals surface area contributed by atoms with Gasteiger partial charge in [0.05, 0.1) is 11.3 Å². The van der Waals surface area contributed by atoms with Crippen molar-refractivity contribution in [3.63, 3.8) is 0 Å². The fourth-order valence-corrected chi connectivity index (χ4v) is 3.70. The summed E-state index contributed by atoms with van der Waals surface area (Å²) in [6.45, 7) is 3.92. The Balaban J connectivity index is 1.85. The van der Waals surface area contributed by atoms with E-state index in [1.54, 1.807) is 48.5 Å². The van der Waals surface area contributed by atoms with Gasteiger partial charge in [-0.05, 0) is 66.9 Å². The maximum absolute atomic E-state index is 13.4. The van der Waals surface area contributed by atoms with Crippen LogP contribution in [-0.2, 0) is 9.59 Å².